The number of hydrogen-bond donors (Lipinski definition) is 4. The maximum Gasteiger partial charge on any atom is 0.308 e. The molecule has 1 heterocycles. The Kier molecular flexibility index (Phi) is 7.83. The number of amides is 2. The first-order chi connectivity index (χ1) is 17.8. The summed E-state index contributed by atoms with van der Waals surface area (Å²) in [5, 5.41) is 13.6. The summed E-state index contributed by atoms with van der Waals surface area (Å²) in [5.41, 5.74) is 9.66. The number of nitrogens with zero attached hydrogens (tertiary/aromatic N) is 1. The number of nitrogens with one attached hydrogen (secondary N) is 3. The van der Waals surface area contributed by atoms with Gasteiger partial charge in [0.1, 0.15) is 11.9 Å². The number of esters is 1. The van der Waals surface area contributed by atoms with Crippen molar-refractivity contribution in [3.8, 4) is 0 Å². The molecule has 1 atom stereocenters. The Hall–Kier alpha value is -4.66. The summed E-state index contributed by atoms with van der Waals surface area (Å²) in [4.78, 5) is 39.9. The van der Waals surface area contributed by atoms with Crippen LogP contribution in [0.1, 0.15) is 33.5 Å². The van der Waals surface area contributed by atoms with E-state index in [1.165, 1.54) is 7.11 Å². The van der Waals surface area contributed by atoms with Crippen molar-refractivity contribution in [1.29, 1.82) is 5.41 Å². The Morgan fingerprint density at radius 1 is 1.08 bits per heavy atom. The van der Waals surface area contributed by atoms with Crippen LogP contribution in [0.5, 0.6) is 0 Å². The Morgan fingerprint density at radius 3 is 2.46 bits per heavy atom. The van der Waals surface area contributed by atoms with Crippen molar-refractivity contribution in [1.82, 2.24) is 4.90 Å². The molecule has 5 N–H and O–H groups in total. The van der Waals surface area contributed by atoms with E-state index in [-0.39, 0.29) is 24.1 Å². The molecule has 0 saturated carbocycles. The summed E-state index contributed by atoms with van der Waals surface area (Å²) in [6.07, 6.45) is 0.574. The molecule has 3 aromatic carbocycles. The predicted molar refractivity (Wildman–Crippen MR) is 141 cm³/mol. The Labute approximate surface area is 215 Å². The van der Waals surface area contributed by atoms with E-state index in [9.17, 15) is 14.4 Å². The zero-order valence-electron chi connectivity index (χ0n) is 20.5. The molecule has 3 aromatic rings. The lowest BCUT2D eigenvalue weighted by molar-refractivity contribution is -0.144. The molecule has 9 heteroatoms. The van der Waals surface area contributed by atoms with E-state index in [2.05, 4.69) is 10.6 Å². The molecular weight excluding hydrogens is 470 g/mol. The fourth-order valence-corrected chi connectivity index (χ4v) is 4.19. The van der Waals surface area contributed by atoms with Crippen LogP contribution in [0.4, 0.5) is 11.4 Å². The first-order valence-corrected chi connectivity index (χ1v) is 11.9. The fraction of sp³-hybridized carbons (Fsp3) is 0.214. The summed E-state index contributed by atoms with van der Waals surface area (Å²) in [5.74, 6) is -1.04. The van der Waals surface area contributed by atoms with Gasteiger partial charge in [0.05, 0.1) is 13.5 Å². The van der Waals surface area contributed by atoms with E-state index in [0.29, 0.717) is 42.0 Å². The number of hydrogen-bond acceptors (Lipinski definition) is 6. The Bertz CT molecular complexity index is 1310. The number of carbonyl (C=O) groups excluding carboxylic acids is 3. The maximum atomic E-state index is 13.4. The van der Waals surface area contributed by atoms with Gasteiger partial charge in [-0.2, -0.15) is 0 Å². The Balaban J connectivity index is 1.55. The van der Waals surface area contributed by atoms with Crippen LogP contribution in [0, 0.1) is 5.41 Å². The highest BCUT2D eigenvalue weighted by Crippen LogP contribution is 2.28. The van der Waals surface area contributed by atoms with Gasteiger partial charge in [-0.3, -0.25) is 19.8 Å². The lowest BCUT2D eigenvalue weighted by Gasteiger charge is -2.24. The lowest BCUT2D eigenvalue weighted by atomic mass is 10.1. The van der Waals surface area contributed by atoms with Crippen molar-refractivity contribution in [2.24, 2.45) is 5.73 Å². The molecule has 9 nitrogen and oxygen atoms in total. The summed E-state index contributed by atoms with van der Waals surface area (Å²) in [7, 11) is 1.30. The summed E-state index contributed by atoms with van der Waals surface area (Å²) < 4.78 is 4.80. The zero-order chi connectivity index (χ0) is 26.4. The van der Waals surface area contributed by atoms with E-state index in [1.54, 1.807) is 41.3 Å². The van der Waals surface area contributed by atoms with Crippen LogP contribution in [0.3, 0.4) is 0 Å². The minimum absolute atomic E-state index is 0.0675. The number of ether oxygens (including phenoxy) is 1. The number of fused-ring (bicyclic) bond motifs is 1. The zero-order valence-corrected chi connectivity index (χ0v) is 20.5. The van der Waals surface area contributed by atoms with Gasteiger partial charge in [0.2, 0.25) is 5.91 Å². The van der Waals surface area contributed by atoms with Crippen LogP contribution in [0.15, 0.2) is 72.8 Å². The van der Waals surface area contributed by atoms with Crippen LogP contribution >= 0.6 is 0 Å². The molecule has 1 aliphatic heterocycles. The van der Waals surface area contributed by atoms with Gasteiger partial charge in [0.15, 0.2) is 0 Å². The van der Waals surface area contributed by atoms with Crippen LogP contribution in [-0.4, -0.2) is 48.2 Å². The third-order valence-electron chi connectivity index (χ3n) is 6.23. The minimum atomic E-state index is -0.760. The fourth-order valence-electron chi connectivity index (χ4n) is 4.19. The molecule has 0 aliphatic carbocycles. The highest BCUT2D eigenvalue weighted by Gasteiger charge is 2.31. The van der Waals surface area contributed by atoms with Crippen molar-refractivity contribution in [3.63, 3.8) is 0 Å². The number of nitrogen functional groups attached to an aromatic ring is 1. The average molecular weight is 500 g/mol. The van der Waals surface area contributed by atoms with Crippen molar-refractivity contribution in [3.05, 3.63) is 95.1 Å². The maximum absolute atomic E-state index is 13.4. The monoisotopic (exact) mass is 499 g/mol. The third-order valence-corrected chi connectivity index (χ3v) is 6.23. The van der Waals surface area contributed by atoms with Gasteiger partial charge < -0.3 is 26.0 Å². The predicted octanol–water partition coefficient (Wildman–Crippen LogP) is 3.15. The number of benzene rings is 3. The van der Waals surface area contributed by atoms with Gasteiger partial charge in [0.25, 0.3) is 5.91 Å². The van der Waals surface area contributed by atoms with Crippen molar-refractivity contribution < 1.29 is 19.1 Å². The molecule has 37 heavy (non-hydrogen) atoms. The van der Waals surface area contributed by atoms with E-state index in [4.69, 9.17) is 15.9 Å². The van der Waals surface area contributed by atoms with Crippen LogP contribution in [0.2, 0.25) is 0 Å². The second kappa shape index (κ2) is 11.4. The van der Waals surface area contributed by atoms with Crippen molar-refractivity contribution in [2.45, 2.75) is 25.4 Å². The lowest BCUT2D eigenvalue weighted by Crippen LogP contribution is -2.42. The van der Waals surface area contributed by atoms with Crippen LogP contribution < -0.4 is 16.4 Å². The number of carbonyl (C=O) groups is 3. The first kappa shape index (κ1) is 25.4. The average Bonchev–Trinajstić information content (AvgIpc) is 3.03. The SMILES string of the molecule is COC(=O)CC1Nc2ccc(NC(=O)c3ccc(C(=N)N)cc3)cc2CN(CCc2ccccc2)C1=O. The second-order valence-corrected chi connectivity index (χ2v) is 8.79. The van der Waals surface area contributed by atoms with Crippen molar-refractivity contribution >= 4 is 35.0 Å². The number of rotatable bonds is 8. The van der Waals surface area contributed by atoms with E-state index < -0.39 is 12.0 Å². The molecule has 2 amide bonds. The summed E-state index contributed by atoms with van der Waals surface area (Å²) >= 11 is 0. The first-order valence-electron chi connectivity index (χ1n) is 11.9. The molecular formula is C28H29N5O4. The number of methoxy groups -OCH3 is 1. The van der Waals surface area contributed by atoms with Gasteiger partial charge in [-0.1, -0.05) is 42.5 Å². The molecule has 0 aromatic heterocycles. The molecule has 0 bridgehead atoms. The van der Waals surface area contributed by atoms with Gasteiger partial charge >= 0.3 is 5.97 Å². The van der Waals surface area contributed by atoms with E-state index >= 15 is 0 Å². The summed E-state index contributed by atoms with van der Waals surface area (Å²) in [6.45, 7) is 0.795. The van der Waals surface area contributed by atoms with Gasteiger partial charge in [-0.25, -0.2) is 0 Å². The van der Waals surface area contributed by atoms with Gasteiger partial charge in [-0.05, 0) is 47.9 Å². The number of nitrogens with two attached hydrogens (primary N) is 1. The molecule has 0 radical (unpaired) electrons. The third kappa shape index (κ3) is 6.32. The molecule has 0 spiro atoms. The van der Waals surface area contributed by atoms with E-state index in [1.807, 2.05) is 36.4 Å². The number of anilines is 2. The van der Waals surface area contributed by atoms with Gasteiger partial charge in [-0.15, -0.1) is 0 Å². The number of amidine groups is 1. The van der Waals surface area contributed by atoms with Crippen LogP contribution in [-0.2, 0) is 27.3 Å². The highest BCUT2D eigenvalue weighted by atomic mass is 16.5. The minimum Gasteiger partial charge on any atom is -0.469 e. The molecule has 1 aliphatic rings. The van der Waals surface area contributed by atoms with Crippen molar-refractivity contribution in [2.75, 3.05) is 24.3 Å². The Morgan fingerprint density at radius 2 is 1.78 bits per heavy atom. The van der Waals surface area contributed by atoms with E-state index in [0.717, 1.165) is 11.1 Å². The standard InChI is InChI=1S/C28H29N5O4/c1-37-25(34)16-24-28(36)33(14-13-18-5-3-2-4-6-18)17-21-15-22(11-12-23(21)32-24)31-27(35)20-9-7-19(8-10-20)26(29)30/h2-12,15,24,32H,13-14,16-17H2,1H3,(H3,29,30)(H,31,35). The molecule has 4 rings (SSSR count). The molecule has 1 unspecified atom stereocenters. The smallest absolute Gasteiger partial charge is 0.308 e. The molecule has 0 saturated heterocycles. The van der Waals surface area contributed by atoms with Crippen LogP contribution in [0.25, 0.3) is 0 Å². The van der Waals surface area contributed by atoms with Gasteiger partial charge in [0, 0.05) is 35.6 Å². The summed E-state index contributed by atoms with van der Waals surface area (Å²) in [6, 6.07) is 20.9. The highest BCUT2D eigenvalue weighted by molar-refractivity contribution is 6.05. The molecule has 0 fully saturated rings. The molecule has 190 valence electrons. The normalized spacial score (nSPS) is 14.7. The quantitative estimate of drug-likeness (QED) is 0.213. The topological polar surface area (TPSA) is 138 Å². The second-order valence-electron chi connectivity index (χ2n) is 8.79. The largest absolute Gasteiger partial charge is 0.469 e.